The van der Waals surface area contributed by atoms with Gasteiger partial charge in [-0.2, -0.15) is 0 Å². The molecule has 1 aromatic rings. The molecule has 0 saturated heterocycles. The Kier molecular flexibility index (Phi) is 5.42. The third-order valence-electron chi connectivity index (χ3n) is 2.48. The molecule has 100 valence electrons. The van der Waals surface area contributed by atoms with Crippen molar-refractivity contribution in [2.75, 3.05) is 0 Å². The topological polar surface area (TPSA) is 78.4 Å². The average molecular weight is 260 g/mol. The number of carboxylic acids is 1. The van der Waals surface area contributed by atoms with Gasteiger partial charge < -0.3 is 15.7 Å². The molecule has 1 aromatic carbocycles. The van der Waals surface area contributed by atoms with Gasteiger partial charge in [-0.25, -0.2) is 9.59 Å². The fourth-order valence-corrected chi connectivity index (χ4v) is 1.49. The SMILES string of the molecule is C#CC(C)NC(=O)NC(Cc1ccccc1)C(=O)O. The highest BCUT2D eigenvalue weighted by molar-refractivity contribution is 5.83. The van der Waals surface area contributed by atoms with Crippen LogP contribution < -0.4 is 10.6 Å². The van der Waals surface area contributed by atoms with Gasteiger partial charge in [0.15, 0.2) is 0 Å². The lowest BCUT2D eigenvalue weighted by Crippen LogP contribution is -2.49. The van der Waals surface area contributed by atoms with Crippen LogP contribution in [0.1, 0.15) is 12.5 Å². The molecule has 0 radical (unpaired) electrons. The zero-order valence-electron chi connectivity index (χ0n) is 10.6. The summed E-state index contributed by atoms with van der Waals surface area (Å²) in [4.78, 5) is 22.6. The minimum absolute atomic E-state index is 0.216. The van der Waals surface area contributed by atoms with Crippen LogP contribution in [0.5, 0.6) is 0 Å². The van der Waals surface area contributed by atoms with Gasteiger partial charge in [-0.1, -0.05) is 36.3 Å². The molecule has 19 heavy (non-hydrogen) atoms. The van der Waals surface area contributed by atoms with Crippen molar-refractivity contribution in [1.82, 2.24) is 10.6 Å². The van der Waals surface area contributed by atoms with Gasteiger partial charge >= 0.3 is 12.0 Å². The molecule has 0 saturated carbocycles. The number of carbonyl (C=O) groups excluding carboxylic acids is 1. The second kappa shape index (κ2) is 7.07. The summed E-state index contributed by atoms with van der Waals surface area (Å²) in [5.74, 6) is 1.24. The molecular weight excluding hydrogens is 244 g/mol. The number of nitrogens with one attached hydrogen (secondary N) is 2. The number of rotatable bonds is 5. The zero-order chi connectivity index (χ0) is 14.3. The minimum Gasteiger partial charge on any atom is -0.480 e. The van der Waals surface area contributed by atoms with Crippen molar-refractivity contribution in [3.63, 3.8) is 0 Å². The van der Waals surface area contributed by atoms with E-state index in [0.29, 0.717) is 0 Å². The molecule has 5 heteroatoms. The highest BCUT2D eigenvalue weighted by Gasteiger charge is 2.20. The largest absolute Gasteiger partial charge is 0.480 e. The Morgan fingerprint density at radius 3 is 2.47 bits per heavy atom. The molecule has 0 fully saturated rings. The van der Waals surface area contributed by atoms with Gasteiger partial charge in [-0.3, -0.25) is 0 Å². The summed E-state index contributed by atoms with van der Waals surface area (Å²) in [6.07, 6.45) is 5.34. The highest BCUT2D eigenvalue weighted by Crippen LogP contribution is 2.03. The van der Waals surface area contributed by atoms with Crippen LogP contribution in [0.15, 0.2) is 30.3 Å². The van der Waals surface area contributed by atoms with Crippen LogP contribution >= 0.6 is 0 Å². The van der Waals surface area contributed by atoms with Gasteiger partial charge in [0.25, 0.3) is 0 Å². The third-order valence-corrected chi connectivity index (χ3v) is 2.48. The Morgan fingerprint density at radius 2 is 1.95 bits per heavy atom. The molecule has 0 aliphatic heterocycles. The molecule has 0 spiro atoms. The first-order chi connectivity index (χ1) is 9.02. The summed E-state index contributed by atoms with van der Waals surface area (Å²) in [5, 5.41) is 13.9. The number of aliphatic carboxylic acids is 1. The molecule has 0 bridgehead atoms. The molecule has 2 unspecified atom stereocenters. The molecule has 0 heterocycles. The maximum Gasteiger partial charge on any atom is 0.326 e. The van der Waals surface area contributed by atoms with Crippen molar-refractivity contribution in [1.29, 1.82) is 0 Å². The van der Waals surface area contributed by atoms with E-state index in [1.54, 1.807) is 19.1 Å². The van der Waals surface area contributed by atoms with E-state index in [4.69, 9.17) is 11.5 Å². The monoisotopic (exact) mass is 260 g/mol. The van der Waals surface area contributed by atoms with Gasteiger partial charge in [0.2, 0.25) is 0 Å². The predicted octanol–water partition coefficient (Wildman–Crippen LogP) is 1.00. The Labute approximate surface area is 112 Å². The molecule has 5 nitrogen and oxygen atoms in total. The maximum absolute atomic E-state index is 11.5. The van der Waals surface area contributed by atoms with Gasteiger partial charge in [-0.15, -0.1) is 6.42 Å². The van der Waals surface area contributed by atoms with Crippen molar-refractivity contribution in [2.45, 2.75) is 25.4 Å². The Bertz CT molecular complexity index is 479. The summed E-state index contributed by atoms with van der Waals surface area (Å²) in [5.41, 5.74) is 0.834. The number of terminal acetylenes is 1. The normalized spacial score (nSPS) is 12.8. The Morgan fingerprint density at radius 1 is 1.32 bits per heavy atom. The zero-order valence-corrected chi connectivity index (χ0v) is 10.6. The second-order valence-corrected chi connectivity index (χ2v) is 4.09. The molecule has 0 aliphatic carbocycles. The van der Waals surface area contributed by atoms with Gasteiger partial charge in [-0.05, 0) is 12.5 Å². The summed E-state index contributed by atoms with van der Waals surface area (Å²) in [6.45, 7) is 1.63. The van der Waals surface area contributed by atoms with E-state index in [2.05, 4.69) is 16.6 Å². The molecular formula is C14H16N2O3. The van der Waals surface area contributed by atoms with E-state index in [9.17, 15) is 9.59 Å². The van der Waals surface area contributed by atoms with E-state index in [1.165, 1.54) is 0 Å². The lowest BCUT2D eigenvalue weighted by molar-refractivity contribution is -0.139. The van der Waals surface area contributed by atoms with E-state index < -0.39 is 24.1 Å². The van der Waals surface area contributed by atoms with Gasteiger partial charge in [0.05, 0.1) is 6.04 Å². The standard InChI is InChI=1S/C14H16N2O3/c1-3-10(2)15-14(19)16-12(13(17)18)9-11-7-5-4-6-8-11/h1,4-8,10,12H,9H2,2H3,(H,17,18)(H2,15,16,19). The van der Waals surface area contributed by atoms with Crippen LogP contribution in [0, 0.1) is 12.3 Å². The van der Waals surface area contributed by atoms with Crippen LogP contribution in [0.2, 0.25) is 0 Å². The number of amides is 2. The second-order valence-electron chi connectivity index (χ2n) is 4.09. The molecule has 1 rings (SSSR count). The fraction of sp³-hybridized carbons (Fsp3) is 0.286. The lowest BCUT2D eigenvalue weighted by Gasteiger charge is -2.16. The van der Waals surface area contributed by atoms with Crippen molar-refractivity contribution in [3.8, 4) is 12.3 Å². The number of urea groups is 1. The summed E-state index contributed by atoms with van der Waals surface area (Å²) < 4.78 is 0. The average Bonchev–Trinajstić information content (AvgIpc) is 2.38. The van der Waals surface area contributed by atoms with Gasteiger partial charge in [0.1, 0.15) is 6.04 Å². The van der Waals surface area contributed by atoms with E-state index in [1.807, 2.05) is 18.2 Å². The number of hydrogen-bond acceptors (Lipinski definition) is 2. The maximum atomic E-state index is 11.5. The summed E-state index contributed by atoms with van der Waals surface area (Å²) in [7, 11) is 0. The fourth-order valence-electron chi connectivity index (χ4n) is 1.49. The first-order valence-electron chi connectivity index (χ1n) is 5.83. The van der Waals surface area contributed by atoms with E-state index in [0.717, 1.165) is 5.56 Å². The van der Waals surface area contributed by atoms with Crippen molar-refractivity contribution < 1.29 is 14.7 Å². The highest BCUT2D eigenvalue weighted by atomic mass is 16.4. The Balaban J connectivity index is 2.62. The first-order valence-corrected chi connectivity index (χ1v) is 5.83. The molecule has 3 N–H and O–H groups in total. The smallest absolute Gasteiger partial charge is 0.326 e. The summed E-state index contributed by atoms with van der Waals surface area (Å²) in [6, 6.07) is 7.05. The van der Waals surface area contributed by atoms with Crippen LogP contribution in [0.4, 0.5) is 4.79 Å². The van der Waals surface area contributed by atoms with Crippen LogP contribution in [0.25, 0.3) is 0 Å². The van der Waals surface area contributed by atoms with Crippen molar-refractivity contribution in [3.05, 3.63) is 35.9 Å². The van der Waals surface area contributed by atoms with Crippen molar-refractivity contribution in [2.24, 2.45) is 0 Å². The molecule has 0 aromatic heterocycles. The number of hydrogen-bond donors (Lipinski definition) is 3. The molecule has 0 aliphatic rings. The van der Waals surface area contributed by atoms with E-state index >= 15 is 0 Å². The number of benzene rings is 1. The van der Waals surface area contributed by atoms with Crippen molar-refractivity contribution >= 4 is 12.0 Å². The third kappa shape index (κ3) is 5.13. The Hall–Kier alpha value is -2.48. The molecule has 2 atom stereocenters. The quantitative estimate of drug-likeness (QED) is 0.691. The minimum atomic E-state index is -1.09. The van der Waals surface area contributed by atoms with Crippen LogP contribution in [0.3, 0.4) is 0 Å². The van der Waals surface area contributed by atoms with Gasteiger partial charge in [0, 0.05) is 6.42 Å². The lowest BCUT2D eigenvalue weighted by atomic mass is 10.1. The van der Waals surface area contributed by atoms with E-state index in [-0.39, 0.29) is 6.42 Å². The molecule has 2 amide bonds. The first kappa shape index (κ1) is 14.6. The predicted molar refractivity (Wildman–Crippen MR) is 71.5 cm³/mol. The van der Waals surface area contributed by atoms with Crippen LogP contribution in [-0.4, -0.2) is 29.2 Å². The number of carbonyl (C=O) groups is 2. The van der Waals surface area contributed by atoms with Crippen LogP contribution in [-0.2, 0) is 11.2 Å². The summed E-state index contributed by atoms with van der Waals surface area (Å²) >= 11 is 0. The number of carboxylic acid groups (broad SMARTS) is 1.